The van der Waals surface area contributed by atoms with Crippen molar-refractivity contribution < 1.29 is 24.5 Å². The van der Waals surface area contributed by atoms with Crippen molar-refractivity contribution in [3.8, 4) is 0 Å². The molecule has 0 aromatic carbocycles. The lowest BCUT2D eigenvalue weighted by Gasteiger charge is -2.42. The quantitative estimate of drug-likeness (QED) is 0.594. The molecule has 0 radical (unpaired) electrons. The fraction of sp³-hybridized carbons (Fsp3) is 0.600. The van der Waals surface area contributed by atoms with E-state index in [-0.39, 0.29) is 11.9 Å². The molecule has 25 heavy (non-hydrogen) atoms. The molecule has 6 atom stereocenters. The van der Waals surface area contributed by atoms with E-state index < -0.39 is 34.2 Å². The molecule has 134 valence electrons. The second-order valence-corrected chi connectivity index (χ2v) is 8.41. The molecule has 5 heteroatoms. The molecule has 4 aliphatic carbocycles. The number of hydrogen-bond donors (Lipinski definition) is 2. The van der Waals surface area contributed by atoms with Crippen molar-refractivity contribution in [3.63, 3.8) is 0 Å². The Bertz CT molecular complexity index is 749. The number of esters is 1. The lowest BCUT2D eigenvalue weighted by atomic mass is 9.62. The Balaban J connectivity index is 1.93. The Kier molecular flexibility index (Phi) is 3.21. The number of methoxy groups -OCH3 is 1. The standard InChI is InChI=1S/C20H24O5/c1-11-9-19-10-20(11,24)8-6-13(19)12-5-4-7-18(2,17(22)23)14(12)15(19)16(21)25-3/h4-5,7,13-15,24H,1,6,8-10H2,2-3H3,(H,22,23)/t13-,14+,15+,18+,19-,20-/m0/s1. The van der Waals surface area contributed by atoms with Gasteiger partial charge in [-0.3, -0.25) is 9.59 Å². The van der Waals surface area contributed by atoms with Crippen LogP contribution in [0.25, 0.3) is 0 Å². The van der Waals surface area contributed by atoms with Crippen molar-refractivity contribution in [2.45, 2.75) is 38.2 Å². The molecular formula is C20H24O5. The molecular weight excluding hydrogens is 320 g/mol. The summed E-state index contributed by atoms with van der Waals surface area (Å²) in [4.78, 5) is 25.0. The predicted octanol–water partition coefficient (Wildman–Crippen LogP) is 2.47. The smallest absolute Gasteiger partial charge is 0.313 e. The predicted molar refractivity (Wildman–Crippen MR) is 90.4 cm³/mol. The normalized spacial score (nSPS) is 47.1. The molecule has 4 rings (SSSR count). The van der Waals surface area contributed by atoms with Gasteiger partial charge in [0.1, 0.15) is 0 Å². The Hall–Kier alpha value is -1.88. The highest BCUT2D eigenvalue weighted by Gasteiger charge is 2.71. The lowest BCUT2D eigenvalue weighted by molar-refractivity contribution is -0.158. The van der Waals surface area contributed by atoms with Gasteiger partial charge in [-0.2, -0.15) is 0 Å². The minimum absolute atomic E-state index is 0.0877. The highest BCUT2D eigenvalue weighted by Crippen LogP contribution is 2.72. The van der Waals surface area contributed by atoms with Crippen LogP contribution in [-0.4, -0.2) is 34.9 Å². The molecule has 0 heterocycles. The lowest BCUT2D eigenvalue weighted by Crippen LogP contribution is -2.46. The van der Waals surface area contributed by atoms with Crippen LogP contribution in [-0.2, 0) is 14.3 Å². The van der Waals surface area contributed by atoms with E-state index in [4.69, 9.17) is 4.74 Å². The largest absolute Gasteiger partial charge is 0.481 e. The average molecular weight is 344 g/mol. The number of carbonyl (C=O) groups is 2. The molecule has 1 spiro atoms. The third-order valence-electron chi connectivity index (χ3n) is 7.37. The van der Waals surface area contributed by atoms with E-state index >= 15 is 0 Å². The zero-order chi connectivity index (χ0) is 18.2. The molecule has 0 amide bonds. The van der Waals surface area contributed by atoms with Crippen LogP contribution in [0.4, 0.5) is 0 Å². The van der Waals surface area contributed by atoms with Crippen molar-refractivity contribution >= 4 is 11.9 Å². The van der Waals surface area contributed by atoms with Gasteiger partial charge in [0.05, 0.1) is 24.0 Å². The van der Waals surface area contributed by atoms with Crippen LogP contribution in [0.15, 0.2) is 36.0 Å². The van der Waals surface area contributed by atoms with Crippen LogP contribution in [0.2, 0.25) is 0 Å². The number of rotatable bonds is 2. The minimum Gasteiger partial charge on any atom is -0.481 e. The van der Waals surface area contributed by atoms with Crippen LogP contribution in [0, 0.1) is 28.6 Å². The van der Waals surface area contributed by atoms with Crippen molar-refractivity contribution in [1.82, 2.24) is 0 Å². The summed E-state index contributed by atoms with van der Waals surface area (Å²) >= 11 is 0. The number of aliphatic carboxylic acids is 1. The first-order valence-electron chi connectivity index (χ1n) is 8.81. The van der Waals surface area contributed by atoms with Gasteiger partial charge in [0.2, 0.25) is 0 Å². The number of carboxylic acid groups (broad SMARTS) is 1. The van der Waals surface area contributed by atoms with Gasteiger partial charge in [0.25, 0.3) is 0 Å². The van der Waals surface area contributed by atoms with E-state index in [1.54, 1.807) is 19.1 Å². The first-order valence-corrected chi connectivity index (χ1v) is 8.81. The zero-order valence-corrected chi connectivity index (χ0v) is 14.6. The van der Waals surface area contributed by atoms with Gasteiger partial charge in [0, 0.05) is 5.92 Å². The van der Waals surface area contributed by atoms with Crippen molar-refractivity contribution in [1.29, 1.82) is 0 Å². The first kappa shape index (κ1) is 16.6. The molecule has 2 N–H and O–H groups in total. The summed E-state index contributed by atoms with van der Waals surface area (Å²) in [5.74, 6) is -2.24. The molecule has 4 aliphatic rings. The van der Waals surface area contributed by atoms with Crippen LogP contribution >= 0.6 is 0 Å². The number of allylic oxidation sites excluding steroid dienone is 3. The fourth-order valence-corrected chi connectivity index (χ4v) is 6.23. The number of carbonyl (C=O) groups excluding carboxylic acids is 1. The van der Waals surface area contributed by atoms with Gasteiger partial charge in [-0.05, 0) is 49.5 Å². The van der Waals surface area contributed by atoms with Crippen molar-refractivity contribution in [2.24, 2.45) is 28.6 Å². The summed E-state index contributed by atoms with van der Waals surface area (Å²) < 4.78 is 5.12. The van der Waals surface area contributed by atoms with Crippen LogP contribution in [0.5, 0.6) is 0 Å². The SMILES string of the molecule is C=C1C[C@]23C[C@@]1(O)CC[C@H]2C1=CC=C[C@@](C)(C(=O)O)[C@H]1[C@@H]3C(=O)OC. The van der Waals surface area contributed by atoms with Crippen molar-refractivity contribution in [2.75, 3.05) is 7.11 Å². The van der Waals surface area contributed by atoms with E-state index in [9.17, 15) is 19.8 Å². The third kappa shape index (κ3) is 1.82. The Morgan fingerprint density at radius 3 is 2.76 bits per heavy atom. The second kappa shape index (κ2) is 4.85. The number of aliphatic hydroxyl groups is 1. The Labute approximate surface area is 147 Å². The summed E-state index contributed by atoms with van der Waals surface area (Å²) in [6, 6.07) is 0. The first-order chi connectivity index (χ1) is 11.7. The summed E-state index contributed by atoms with van der Waals surface area (Å²) in [5.41, 5.74) is -0.787. The van der Waals surface area contributed by atoms with Gasteiger partial charge in [-0.25, -0.2) is 0 Å². The number of fused-ring (bicyclic) bond motifs is 3. The van der Waals surface area contributed by atoms with E-state index in [2.05, 4.69) is 6.58 Å². The summed E-state index contributed by atoms with van der Waals surface area (Å²) in [6.07, 6.45) is 7.85. The fourth-order valence-electron chi connectivity index (χ4n) is 6.23. The van der Waals surface area contributed by atoms with Gasteiger partial charge in [0.15, 0.2) is 0 Å². The number of carboxylic acids is 1. The Morgan fingerprint density at radius 2 is 2.12 bits per heavy atom. The maximum Gasteiger partial charge on any atom is 0.313 e. The van der Waals surface area contributed by atoms with Crippen LogP contribution < -0.4 is 0 Å². The number of hydrogen-bond acceptors (Lipinski definition) is 4. The van der Waals surface area contributed by atoms with E-state index in [0.29, 0.717) is 19.3 Å². The molecule has 0 unspecified atom stereocenters. The molecule has 0 aromatic heterocycles. The summed E-state index contributed by atoms with van der Waals surface area (Å²) in [5, 5.41) is 20.9. The third-order valence-corrected chi connectivity index (χ3v) is 7.37. The van der Waals surface area contributed by atoms with Crippen LogP contribution in [0.1, 0.15) is 32.6 Å². The second-order valence-electron chi connectivity index (χ2n) is 8.41. The summed E-state index contributed by atoms with van der Waals surface area (Å²) in [6.45, 7) is 5.76. The van der Waals surface area contributed by atoms with Gasteiger partial charge >= 0.3 is 11.9 Å². The Morgan fingerprint density at radius 1 is 1.40 bits per heavy atom. The molecule has 0 saturated heterocycles. The minimum atomic E-state index is -1.16. The average Bonchev–Trinajstić information content (AvgIpc) is 2.94. The molecule has 0 aliphatic heterocycles. The topological polar surface area (TPSA) is 83.8 Å². The number of ether oxygens (including phenoxy) is 1. The maximum absolute atomic E-state index is 12.9. The van der Waals surface area contributed by atoms with E-state index in [1.807, 2.05) is 6.08 Å². The molecule has 2 bridgehead atoms. The monoisotopic (exact) mass is 344 g/mol. The van der Waals surface area contributed by atoms with Gasteiger partial charge in [-0.15, -0.1) is 0 Å². The molecule has 3 fully saturated rings. The van der Waals surface area contributed by atoms with Crippen molar-refractivity contribution in [3.05, 3.63) is 36.0 Å². The maximum atomic E-state index is 12.9. The zero-order valence-electron chi connectivity index (χ0n) is 14.6. The molecule has 5 nitrogen and oxygen atoms in total. The van der Waals surface area contributed by atoms with Gasteiger partial charge in [-0.1, -0.05) is 30.4 Å². The van der Waals surface area contributed by atoms with Crippen LogP contribution in [0.3, 0.4) is 0 Å². The van der Waals surface area contributed by atoms with E-state index in [1.165, 1.54) is 7.11 Å². The molecule has 3 saturated carbocycles. The summed E-state index contributed by atoms with van der Waals surface area (Å²) in [7, 11) is 1.35. The van der Waals surface area contributed by atoms with Gasteiger partial charge < -0.3 is 14.9 Å². The van der Waals surface area contributed by atoms with E-state index in [0.717, 1.165) is 17.6 Å². The molecule has 0 aromatic rings. The highest BCUT2D eigenvalue weighted by molar-refractivity contribution is 5.83. The highest BCUT2D eigenvalue weighted by atomic mass is 16.5.